The van der Waals surface area contributed by atoms with Crippen LogP contribution >= 0.6 is 11.3 Å². The zero-order valence-corrected chi connectivity index (χ0v) is 52.0. The molecule has 0 saturated heterocycles. The third-order valence-electron chi connectivity index (χ3n) is 21.3. The van der Waals surface area contributed by atoms with E-state index < -0.39 is 0 Å². The van der Waals surface area contributed by atoms with Crippen LogP contribution in [0.15, 0.2) is 127 Å². The number of benzene rings is 7. The van der Waals surface area contributed by atoms with Gasteiger partial charge in [-0.25, -0.2) is 0 Å². The van der Waals surface area contributed by atoms with E-state index in [1.807, 2.05) is 0 Å². The predicted molar refractivity (Wildman–Crippen MR) is 348 cm³/mol. The van der Waals surface area contributed by atoms with Gasteiger partial charge in [-0.3, -0.25) is 0 Å². The summed E-state index contributed by atoms with van der Waals surface area (Å²) in [5.41, 5.74) is 26.9. The molecule has 3 nitrogen and oxygen atoms in total. The van der Waals surface area contributed by atoms with Gasteiger partial charge in [0.05, 0.1) is 22.6 Å². The molecule has 1 aromatic heterocycles. The Morgan fingerprint density at radius 1 is 0.500 bits per heavy atom. The van der Waals surface area contributed by atoms with E-state index in [9.17, 15) is 0 Å². The van der Waals surface area contributed by atoms with E-state index in [4.69, 9.17) is 0 Å². The van der Waals surface area contributed by atoms with Crippen molar-refractivity contribution < 1.29 is 0 Å². The Hall–Kier alpha value is -6.04. The van der Waals surface area contributed by atoms with E-state index in [1.54, 1.807) is 5.56 Å². The normalized spacial score (nSPS) is 22.2. The van der Waals surface area contributed by atoms with Crippen molar-refractivity contribution in [2.24, 2.45) is 0 Å². The fourth-order valence-corrected chi connectivity index (χ4v) is 17.3. The molecule has 6 aliphatic rings. The minimum Gasteiger partial charge on any atom is -0.335 e. The van der Waals surface area contributed by atoms with Crippen molar-refractivity contribution in [2.75, 3.05) is 14.7 Å². The summed E-state index contributed by atoms with van der Waals surface area (Å²) in [4.78, 5) is 8.36. The average Bonchev–Trinajstić information content (AvgIpc) is 2.90. The minimum atomic E-state index is -0.159. The highest BCUT2D eigenvalue weighted by atomic mass is 32.1. The van der Waals surface area contributed by atoms with Crippen molar-refractivity contribution >= 4 is 89.3 Å². The highest BCUT2D eigenvalue weighted by Gasteiger charge is 2.62. The highest BCUT2D eigenvalue weighted by molar-refractivity contribution is 7.33. The number of nitrogens with zero attached hydrogens (tertiary/aromatic N) is 3. The topological polar surface area (TPSA) is 9.72 Å². The van der Waals surface area contributed by atoms with Gasteiger partial charge in [0.25, 0.3) is 6.71 Å². The molecule has 3 atom stereocenters. The molecule has 8 aromatic rings. The van der Waals surface area contributed by atoms with Gasteiger partial charge in [0, 0.05) is 59.7 Å². The van der Waals surface area contributed by atoms with Crippen LogP contribution in [0.25, 0.3) is 21.2 Å². The standard InChI is InChI=1S/C75H84BN3S/c1-68(2,3)46-23-28-51(29-24-46)77(52-30-25-47(26-31-52)69(4,5)6)53-41-61-64-62(42-53)79-66-58(74(16)33-18-19-34-75(74,79)17)39-50(71(10,11)12)40-59(66)76(64)67-65-55-43-57-56(44-63(55)80-67)72(13,14)35-36-73(57,15)49-22-20-21-45(37-49)54-38-48(70(7,8)9)27-32-60(54)78(61)65/h20-32,37-44H,18-19,33-36H2,1-17H3. The van der Waals surface area contributed by atoms with Crippen LogP contribution in [-0.4, -0.2) is 12.3 Å². The van der Waals surface area contributed by atoms with Gasteiger partial charge in [-0.1, -0.05) is 190 Å². The molecule has 4 aliphatic heterocycles. The van der Waals surface area contributed by atoms with Gasteiger partial charge in [0.15, 0.2) is 0 Å². The van der Waals surface area contributed by atoms with Crippen molar-refractivity contribution in [3.63, 3.8) is 0 Å². The summed E-state index contributed by atoms with van der Waals surface area (Å²) < 4.78 is 2.88. The maximum Gasteiger partial charge on any atom is 0.264 e. The molecule has 80 heavy (non-hydrogen) atoms. The van der Waals surface area contributed by atoms with Gasteiger partial charge in [-0.15, -0.1) is 11.3 Å². The van der Waals surface area contributed by atoms with Crippen LogP contribution < -0.4 is 30.4 Å². The van der Waals surface area contributed by atoms with E-state index in [2.05, 4.69) is 271 Å². The number of thiophene rings is 1. The molecule has 0 spiro atoms. The van der Waals surface area contributed by atoms with E-state index in [1.165, 1.54) is 141 Å². The summed E-state index contributed by atoms with van der Waals surface area (Å²) in [6, 6.07) is 52.4. The first-order valence-electron chi connectivity index (χ1n) is 30.4. The summed E-state index contributed by atoms with van der Waals surface area (Å²) in [6.07, 6.45) is 7.05. The highest BCUT2D eigenvalue weighted by Crippen LogP contribution is 2.64. The Labute approximate surface area is 483 Å². The maximum absolute atomic E-state index is 2.95. The van der Waals surface area contributed by atoms with Crippen molar-refractivity contribution in [1.82, 2.24) is 0 Å². The molecule has 5 heterocycles. The molecule has 0 amide bonds. The smallest absolute Gasteiger partial charge is 0.264 e. The first-order chi connectivity index (χ1) is 37.5. The Morgan fingerprint density at radius 3 is 1.75 bits per heavy atom. The Bertz CT molecular complexity index is 3860. The van der Waals surface area contributed by atoms with Crippen LogP contribution in [0.2, 0.25) is 0 Å². The number of hydrogen-bond acceptors (Lipinski definition) is 4. The van der Waals surface area contributed by atoms with Gasteiger partial charge >= 0.3 is 0 Å². The lowest BCUT2D eigenvalue weighted by Crippen LogP contribution is -2.64. The summed E-state index contributed by atoms with van der Waals surface area (Å²) in [5.74, 6) is 0. The summed E-state index contributed by atoms with van der Waals surface area (Å²) in [5, 5.41) is 1.39. The summed E-state index contributed by atoms with van der Waals surface area (Å²) >= 11 is 2.10. The molecule has 1 saturated carbocycles. The number of anilines is 8. The molecule has 408 valence electrons. The molecule has 1 fully saturated rings. The lowest BCUT2D eigenvalue weighted by molar-refractivity contribution is 0.195. The second-order valence-electron chi connectivity index (χ2n) is 30.9. The third-order valence-corrected chi connectivity index (χ3v) is 22.5. The van der Waals surface area contributed by atoms with Crippen molar-refractivity contribution in [2.45, 2.75) is 200 Å². The van der Waals surface area contributed by atoms with Crippen LogP contribution in [0, 0.1) is 0 Å². The second kappa shape index (κ2) is 16.6. The quantitative estimate of drug-likeness (QED) is 0.163. The first-order valence-corrected chi connectivity index (χ1v) is 31.2. The number of hydrogen-bond donors (Lipinski definition) is 0. The SMILES string of the molecule is CC(C)(C)c1ccc(N(c2ccc(C(C)(C)C)cc2)c2cc3c4c(c2)N2c5c(cc(C(C)(C)C)cc5C5(C)CCCCC25C)B4c2sc4cc5c6cc4c2N3c2ccc(C(C)(C)C)cc2-c2cccc(c2)C6(C)CCC5(C)C)cc1. The third kappa shape index (κ3) is 7.23. The molecule has 2 aliphatic carbocycles. The molecule has 0 radical (unpaired) electrons. The molecular weight excluding hydrogens is 986 g/mol. The van der Waals surface area contributed by atoms with Crippen LogP contribution in [0.1, 0.15) is 201 Å². The fourth-order valence-electron chi connectivity index (χ4n) is 15.9. The van der Waals surface area contributed by atoms with E-state index >= 15 is 0 Å². The van der Waals surface area contributed by atoms with Gasteiger partial charge in [-0.05, 0) is 181 Å². The molecule has 0 N–H and O–H groups in total. The van der Waals surface area contributed by atoms with Crippen LogP contribution in [-0.2, 0) is 37.9 Å². The van der Waals surface area contributed by atoms with E-state index in [0.29, 0.717) is 0 Å². The lowest BCUT2D eigenvalue weighted by Gasteiger charge is -2.52. The minimum absolute atomic E-state index is 0.0215. The van der Waals surface area contributed by atoms with Gasteiger partial charge in [0.2, 0.25) is 0 Å². The zero-order chi connectivity index (χ0) is 56.4. The fraction of sp³-hybridized carbons (Fsp3) is 0.413. The molecular formula is C75H84BN3S. The number of fused-ring (bicyclic) bond motifs is 13. The maximum atomic E-state index is 2.95. The van der Waals surface area contributed by atoms with Crippen LogP contribution in [0.4, 0.5) is 45.5 Å². The summed E-state index contributed by atoms with van der Waals surface area (Å²) in [6.45, 7) is 41.4. The zero-order valence-electron chi connectivity index (χ0n) is 51.2. The van der Waals surface area contributed by atoms with Gasteiger partial charge in [0.1, 0.15) is 0 Å². The largest absolute Gasteiger partial charge is 0.335 e. The predicted octanol–water partition coefficient (Wildman–Crippen LogP) is 19.3. The summed E-state index contributed by atoms with van der Waals surface area (Å²) in [7, 11) is 0. The monoisotopic (exact) mass is 1070 g/mol. The van der Waals surface area contributed by atoms with Crippen molar-refractivity contribution in [3.8, 4) is 11.1 Å². The van der Waals surface area contributed by atoms with Crippen molar-refractivity contribution in [1.29, 1.82) is 0 Å². The molecule has 4 bridgehead atoms. The Balaban J connectivity index is 1.17. The van der Waals surface area contributed by atoms with Crippen LogP contribution in [0.5, 0.6) is 0 Å². The molecule has 7 aromatic carbocycles. The lowest BCUT2D eigenvalue weighted by atomic mass is 9.36. The van der Waals surface area contributed by atoms with Gasteiger partial charge < -0.3 is 14.7 Å². The molecule has 3 unspecified atom stereocenters. The Kier molecular flexibility index (Phi) is 10.8. The van der Waals surface area contributed by atoms with E-state index in [0.717, 1.165) is 19.3 Å². The van der Waals surface area contributed by atoms with E-state index in [-0.39, 0.29) is 50.2 Å². The second-order valence-corrected chi connectivity index (χ2v) is 32.0. The number of rotatable bonds is 3. The molecule has 14 rings (SSSR count). The first kappa shape index (κ1) is 52.1. The average molecular weight is 1070 g/mol. The Morgan fingerprint density at radius 2 is 1.11 bits per heavy atom. The van der Waals surface area contributed by atoms with Crippen molar-refractivity contribution in [3.05, 3.63) is 172 Å². The molecule has 5 heteroatoms. The van der Waals surface area contributed by atoms with Gasteiger partial charge in [-0.2, -0.15) is 0 Å². The van der Waals surface area contributed by atoms with Crippen LogP contribution in [0.3, 0.4) is 0 Å².